The maximum atomic E-state index is 13.2. The summed E-state index contributed by atoms with van der Waals surface area (Å²) < 4.78 is 13.2. The van der Waals surface area contributed by atoms with Gasteiger partial charge in [0.2, 0.25) is 0 Å². The van der Waals surface area contributed by atoms with E-state index in [-0.39, 0.29) is 17.0 Å². The number of hydrogen-bond donors (Lipinski definition) is 2. The molecule has 0 aromatic heterocycles. The van der Waals surface area contributed by atoms with Crippen molar-refractivity contribution in [2.24, 2.45) is 0 Å². The van der Waals surface area contributed by atoms with Crippen molar-refractivity contribution in [3.05, 3.63) is 72.0 Å². The smallest absolute Gasteiger partial charge is 0.282 e. The number of carbonyl (C=O) groups excluding carboxylic acids is 1. The zero-order chi connectivity index (χ0) is 15.7. The molecule has 3 rings (SSSR count). The molecule has 4 nitrogen and oxygen atoms in total. The van der Waals surface area contributed by atoms with Crippen molar-refractivity contribution in [3.8, 4) is 5.75 Å². The van der Waals surface area contributed by atoms with Crippen LogP contribution in [0.25, 0.3) is 10.8 Å². The molecule has 22 heavy (non-hydrogen) atoms. The van der Waals surface area contributed by atoms with Crippen LogP contribution < -0.4 is 5.06 Å². The van der Waals surface area contributed by atoms with E-state index in [2.05, 4.69) is 0 Å². The quantitative estimate of drug-likeness (QED) is 0.560. The van der Waals surface area contributed by atoms with E-state index in [1.165, 1.54) is 24.3 Å². The lowest BCUT2D eigenvalue weighted by Gasteiger charge is -2.17. The average Bonchev–Trinajstić information content (AvgIpc) is 2.54. The second-order valence-corrected chi connectivity index (χ2v) is 4.78. The summed E-state index contributed by atoms with van der Waals surface area (Å²) in [6.45, 7) is 0. The second-order valence-electron chi connectivity index (χ2n) is 4.78. The van der Waals surface area contributed by atoms with Crippen molar-refractivity contribution >= 4 is 22.4 Å². The maximum Gasteiger partial charge on any atom is 0.282 e. The van der Waals surface area contributed by atoms with Gasteiger partial charge in [-0.25, -0.2) is 4.39 Å². The molecule has 0 aliphatic heterocycles. The molecule has 0 unspecified atom stereocenters. The molecule has 0 saturated carbocycles. The standard InChI is InChI=1S/C17H12FNO3/c18-13-6-3-5-12(10-13)17(21)19(22)15-9-8-11-4-1-2-7-14(11)16(15)20/h1-10,20,22H. The molecule has 2 N–H and O–H groups in total. The zero-order valence-corrected chi connectivity index (χ0v) is 11.4. The van der Waals surface area contributed by atoms with E-state index in [0.29, 0.717) is 10.4 Å². The van der Waals surface area contributed by atoms with Crippen LogP contribution in [0.4, 0.5) is 10.1 Å². The first-order valence-electron chi connectivity index (χ1n) is 6.57. The molecule has 0 spiro atoms. The number of phenols is 1. The van der Waals surface area contributed by atoms with Crippen LogP contribution in [0.1, 0.15) is 10.4 Å². The molecule has 3 aromatic rings. The number of hydroxylamine groups is 1. The highest BCUT2D eigenvalue weighted by Crippen LogP contribution is 2.34. The number of amides is 1. The molecule has 110 valence electrons. The van der Waals surface area contributed by atoms with Crippen LogP contribution in [0.15, 0.2) is 60.7 Å². The minimum Gasteiger partial charge on any atom is -0.505 e. The Morgan fingerprint density at radius 2 is 1.77 bits per heavy atom. The van der Waals surface area contributed by atoms with Gasteiger partial charge >= 0.3 is 0 Å². The molecule has 0 aliphatic rings. The summed E-state index contributed by atoms with van der Waals surface area (Å²) in [5.41, 5.74) is -0.0805. The van der Waals surface area contributed by atoms with Gasteiger partial charge in [-0.1, -0.05) is 36.4 Å². The van der Waals surface area contributed by atoms with Crippen molar-refractivity contribution < 1.29 is 19.5 Å². The van der Waals surface area contributed by atoms with E-state index in [1.807, 2.05) is 6.07 Å². The molecule has 3 aromatic carbocycles. The fraction of sp³-hybridized carbons (Fsp3) is 0. The van der Waals surface area contributed by atoms with Crippen LogP contribution >= 0.6 is 0 Å². The third kappa shape index (κ3) is 2.38. The minimum absolute atomic E-state index is 0.0185. The Bertz CT molecular complexity index is 863. The molecule has 0 radical (unpaired) electrons. The van der Waals surface area contributed by atoms with Crippen molar-refractivity contribution in [1.82, 2.24) is 0 Å². The first kappa shape index (κ1) is 14.0. The number of rotatable bonds is 2. The Kier molecular flexibility index (Phi) is 3.48. The Morgan fingerprint density at radius 1 is 1.00 bits per heavy atom. The largest absolute Gasteiger partial charge is 0.505 e. The van der Waals surface area contributed by atoms with Gasteiger partial charge in [-0.05, 0) is 29.7 Å². The zero-order valence-electron chi connectivity index (χ0n) is 11.4. The number of halogens is 1. The van der Waals surface area contributed by atoms with E-state index in [0.717, 1.165) is 11.5 Å². The summed E-state index contributed by atoms with van der Waals surface area (Å²) in [4.78, 5) is 12.2. The highest BCUT2D eigenvalue weighted by Gasteiger charge is 2.20. The lowest BCUT2D eigenvalue weighted by atomic mass is 10.1. The summed E-state index contributed by atoms with van der Waals surface area (Å²) in [5.74, 6) is -1.63. The predicted octanol–water partition coefficient (Wildman–Crippen LogP) is 3.72. The van der Waals surface area contributed by atoms with Crippen LogP contribution in [0.3, 0.4) is 0 Å². The monoisotopic (exact) mass is 297 g/mol. The number of carbonyl (C=O) groups is 1. The van der Waals surface area contributed by atoms with E-state index in [1.54, 1.807) is 24.3 Å². The van der Waals surface area contributed by atoms with Gasteiger partial charge in [0.05, 0.1) is 0 Å². The van der Waals surface area contributed by atoms with Gasteiger partial charge in [-0.2, -0.15) is 5.06 Å². The van der Waals surface area contributed by atoms with Crippen molar-refractivity contribution in [1.29, 1.82) is 0 Å². The Hall–Kier alpha value is -2.92. The second kappa shape index (κ2) is 5.46. The molecule has 5 heteroatoms. The highest BCUT2D eigenvalue weighted by atomic mass is 19.1. The number of phenolic OH excluding ortho intramolecular Hbond substituents is 1. The molecule has 0 aliphatic carbocycles. The first-order chi connectivity index (χ1) is 10.6. The lowest BCUT2D eigenvalue weighted by molar-refractivity contribution is 0.0852. The van der Waals surface area contributed by atoms with Gasteiger partial charge in [0.25, 0.3) is 5.91 Å². The van der Waals surface area contributed by atoms with Crippen molar-refractivity contribution in [2.45, 2.75) is 0 Å². The van der Waals surface area contributed by atoms with Crippen LogP contribution in [0, 0.1) is 5.82 Å². The van der Waals surface area contributed by atoms with Crippen molar-refractivity contribution in [3.63, 3.8) is 0 Å². The highest BCUT2D eigenvalue weighted by molar-refractivity contribution is 6.07. The average molecular weight is 297 g/mol. The number of anilines is 1. The summed E-state index contributed by atoms with van der Waals surface area (Å²) in [5, 5.41) is 21.9. The molecule has 1 amide bonds. The number of hydrogen-bond acceptors (Lipinski definition) is 3. The Morgan fingerprint density at radius 3 is 2.55 bits per heavy atom. The Labute approximate surface area is 125 Å². The van der Waals surface area contributed by atoms with Gasteiger partial charge in [0.1, 0.15) is 17.3 Å². The molecular formula is C17H12FNO3. The molecular weight excluding hydrogens is 285 g/mol. The van der Waals surface area contributed by atoms with Crippen LogP contribution in [0.5, 0.6) is 5.75 Å². The number of nitrogens with zero attached hydrogens (tertiary/aromatic N) is 1. The normalized spacial score (nSPS) is 10.6. The topological polar surface area (TPSA) is 60.8 Å². The predicted molar refractivity (Wildman–Crippen MR) is 80.6 cm³/mol. The van der Waals surface area contributed by atoms with Crippen LogP contribution in [-0.4, -0.2) is 16.2 Å². The van der Waals surface area contributed by atoms with Crippen molar-refractivity contribution in [2.75, 3.05) is 5.06 Å². The molecule has 0 atom stereocenters. The summed E-state index contributed by atoms with van der Waals surface area (Å²) in [7, 11) is 0. The van der Waals surface area contributed by atoms with Crippen LogP contribution in [-0.2, 0) is 0 Å². The Balaban J connectivity index is 2.03. The number of benzene rings is 3. The van der Waals surface area contributed by atoms with Gasteiger partial charge < -0.3 is 5.11 Å². The first-order valence-corrected chi connectivity index (χ1v) is 6.57. The van der Waals surface area contributed by atoms with Gasteiger partial charge in [-0.3, -0.25) is 10.0 Å². The summed E-state index contributed by atoms with van der Waals surface area (Å²) in [6.07, 6.45) is 0. The third-order valence-corrected chi connectivity index (χ3v) is 3.37. The third-order valence-electron chi connectivity index (χ3n) is 3.37. The summed E-state index contributed by atoms with van der Waals surface area (Å²) >= 11 is 0. The van der Waals surface area contributed by atoms with Gasteiger partial charge in [-0.15, -0.1) is 0 Å². The molecule has 0 bridgehead atoms. The molecule has 0 heterocycles. The van der Waals surface area contributed by atoms with E-state index in [9.17, 15) is 19.5 Å². The summed E-state index contributed by atoms with van der Waals surface area (Å²) in [6, 6.07) is 15.1. The lowest BCUT2D eigenvalue weighted by Crippen LogP contribution is -2.27. The van der Waals surface area contributed by atoms with Gasteiger partial charge in [0, 0.05) is 10.9 Å². The number of fused-ring (bicyclic) bond motifs is 1. The maximum absolute atomic E-state index is 13.2. The molecule has 0 fully saturated rings. The fourth-order valence-corrected chi connectivity index (χ4v) is 2.27. The number of aromatic hydroxyl groups is 1. The van der Waals surface area contributed by atoms with E-state index in [4.69, 9.17) is 0 Å². The van der Waals surface area contributed by atoms with E-state index >= 15 is 0 Å². The van der Waals surface area contributed by atoms with Crippen LogP contribution in [0.2, 0.25) is 0 Å². The fourth-order valence-electron chi connectivity index (χ4n) is 2.27. The minimum atomic E-state index is -0.829. The molecule has 0 saturated heterocycles. The van der Waals surface area contributed by atoms with Gasteiger partial charge in [0.15, 0.2) is 0 Å². The SMILES string of the molecule is O=C(c1cccc(F)c1)N(O)c1ccc2ccccc2c1O. The van der Waals surface area contributed by atoms with E-state index < -0.39 is 11.7 Å².